The molecule has 0 atom stereocenters. The van der Waals surface area contributed by atoms with E-state index in [1.165, 1.54) is 0 Å². The Morgan fingerprint density at radius 3 is 2.38 bits per heavy atom. The lowest BCUT2D eigenvalue weighted by Crippen LogP contribution is -2.52. The van der Waals surface area contributed by atoms with Crippen LogP contribution < -0.4 is 10.1 Å². The SMILES string of the molecule is CC(C)COc1ccc(NC(=O)C2(C)COC3(CCCC3)OC2)c2ccccc12. The molecule has 1 amide bonds. The van der Waals surface area contributed by atoms with Gasteiger partial charge in [0.2, 0.25) is 5.91 Å². The van der Waals surface area contributed by atoms with Gasteiger partial charge in [-0.3, -0.25) is 4.79 Å². The second-order valence-electron chi connectivity index (χ2n) is 9.07. The molecule has 5 heteroatoms. The predicted octanol–water partition coefficient (Wildman–Crippen LogP) is 5.14. The first kappa shape index (κ1) is 20.2. The minimum Gasteiger partial charge on any atom is -0.493 e. The van der Waals surface area contributed by atoms with E-state index in [4.69, 9.17) is 14.2 Å². The number of hydrogen-bond acceptors (Lipinski definition) is 4. The summed E-state index contributed by atoms with van der Waals surface area (Å²) in [7, 11) is 0. The molecule has 1 aliphatic heterocycles. The van der Waals surface area contributed by atoms with Crippen molar-refractivity contribution in [3.05, 3.63) is 36.4 Å². The topological polar surface area (TPSA) is 56.8 Å². The maximum atomic E-state index is 13.1. The Morgan fingerprint density at radius 1 is 1.07 bits per heavy atom. The summed E-state index contributed by atoms with van der Waals surface area (Å²) in [5.74, 6) is 0.752. The van der Waals surface area contributed by atoms with E-state index in [-0.39, 0.29) is 5.91 Å². The van der Waals surface area contributed by atoms with Crippen molar-refractivity contribution >= 4 is 22.4 Å². The summed E-state index contributed by atoms with van der Waals surface area (Å²) in [6, 6.07) is 11.9. The van der Waals surface area contributed by atoms with E-state index in [1.807, 2.05) is 43.3 Å². The summed E-state index contributed by atoms with van der Waals surface area (Å²) < 4.78 is 18.1. The van der Waals surface area contributed by atoms with Crippen LogP contribution in [0.25, 0.3) is 10.8 Å². The van der Waals surface area contributed by atoms with Crippen molar-refractivity contribution in [3.8, 4) is 5.75 Å². The van der Waals surface area contributed by atoms with Crippen LogP contribution in [-0.4, -0.2) is 31.5 Å². The predicted molar refractivity (Wildman–Crippen MR) is 114 cm³/mol. The van der Waals surface area contributed by atoms with Crippen LogP contribution in [0.3, 0.4) is 0 Å². The van der Waals surface area contributed by atoms with Crippen molar-refractivity contribution in [3.63, 3.8) is 0 Å². The van der Waals surface area contributed by atoms with Gasteiger partial charge in [-0.2, -0.15) is 0 Å². The number of benzene rings is 2. The molecule has 0 bridgehead atoms. The van der Waals surface area contributed by atoms with Crippen LogP contribution >= 0.6 is 0 Å². The van der Waals surface area contributed by atoms with Gasteiger partial charge in [-0.05, 0) is 37.8 Å². The zero-order valence-electron chi connectivity index (χ0n) is 17.6. The van der Waals surface area contributed by atoms with E-state index in [2.05, 4.69) is 19.2 Å². The van der Waals surface area contributed by atoms with Crippen molar-refractivity contribution in [1.82, 2.24) is 0 Å². The van der Waals surface area contributed by atoms with Gasteiger partial charge < -0.3 is 19.5 Å². The molecular formula is C24H31NO4. The molecule has 1 heterocycles. The van der Waals surface area contributed by atoms with Crippen molar-refractivity contribution in [1.29, 1.82) is 0 Å². The molecule has 2 aliphatic rings. The standard InChI is InChI=1S/C24H31NO4/c1-17(2)14-27-21-11-10-20(18-8-4-5-9-19(18)21)25-22(26)23(3)15-28-24(29-16-23)12-6-7-13-24/h4-5,8-11,17H,6-7,12-16H2,1-3H3,(H,25,26). The fourth-order valence-electron chi connectivity index (χ4n) is 4.03. The second kappa shape index (κ2) is 7.96. The van der Waals surface area contributed by atoms with E-state index in [9.17, 15) is 4.79 Å². The van der Waals surface area contributed by atoms with Gasteiger partial charge in [0.15, 0.2) is 5.79 Å². The molecule has 0 aromatic heterocycles. The third-order valence-corrected chi connectivity index (χ3v) is 5.93. The fourth-order valence-corrected chi connectivity index (χ4v) is 4.03. The summed E-state index contributed by atoms with van der Waals surface area (Å²) in [4.78, 5) is 13.1. The molecule has 0 unspecified atom stereocenters. The van der Waals surface area contributed by atoms with Gasteiger partial charge >= 0.3 is 0 Å². The normalized spacial score (nSPS) is 20.3. The Morgan fingerprint density at radius 2 is 1.72 bits per heavy atom. The molecule has 2 aromatic rings. The highest BCUT2D eigenvalue weighted by atomic mass is 16.7. The molecular weight excluding hydrogens is 366 g/mol. The highest BCUT2D eigenvalue weighted by Gasteiger charge is 2.47. The molecule has 5 nitrogen and oxygen atoms in total. The van der Waals surface area contributed by atoms with Gasteiger partial charge in [-0.15, -0.1) is 0 Å². The number of amides is 1. The average Bonchev–Trinajstić information content (AvgIpc) is 3.18. The van der Waals surface area contributed by atoms with Gasteiger partial charge in [-0.25, -0.2) is 0 Å². The number of ether oxygens (including phenoxy) is 3. The molecule has 1 saturated carbocycles. The first-order valence-corrected chi connectivity index (χ1v) is 10.6. The smallest absolute Gasteiger partial charge is 0.235 e. The zero-order chi connectivity index (χ0) is 20.5. The van der Waals surface area contributed by atoms with Crippen LogP contribution in [-0.2, 0) is 14.3 Å². The van der Waals surface area contributed by atoms with Crippen LogP contribution in [0, 0.1) is 11.3 Å². The lowest BCUT2D eigenvalue weighted by atomic mass is 9.89. The van der Waals surface area contributed by atoms with E-state index >= 15 is 0 Å². The first-order chi connectivity index (χ1) is 13.9. The van der Waals surface area contributed by atoms with Crippen LogP contribution in [0.15, 0.2) is 36.4 Å². The minimum absolute atomic E-state index is 0.0775. The number of anilines is 1. The molecule has 1 spiro atoms. The summed E-state index contributed by atoms with van der Waals surface area (Å²) in [5.41, 5.74) is 0.0757. The Kier molecular flexibility index (Phi) is 5.54. The largest absolute Gasteiger partial charge is 0.493 e. The lowest BCUT2D eigenvalue weighted by molar-refractivity contribution is -0.291. The van der Waals surface area contributed by atoms with E-state index in [1.54, 1.807) is 0 Å². The summed E-state index contributed by atoms with van der Waals surface area (Å²) in [6.45, 7) is 7.58. The number of rotatable bonds is 5. The van der Waals surface area contributed by atoms with Crippen LogP contribution in [0.4, 0.5) is 5.69 Å². The summed E-state index contributed by atoms with van der Waals surface area (Å²) >= 11 is 0. The summed E-state index contributed by atoms with van der Waals surface area (Å²) in [5, 5.41) is 5.08. The number of fused-ring (bicyclic) bond motifs is 1. The summed E-state index contributed by atoms with van der Waals surface area (Å²) in [6.07, 6.45) is 4.10. The molecule has 2 aromatic carbocycles. The van der Waals surface area contributed by atoms with Crippen LogP contribution in [0.1, 0.15) is 46.5 Å². The monoisotopic (exact) mass is 397 g/mol. The van der Waals surface area contributed by atoms with E-state index < -0.39 is 11.2 Å². The number of carbonyl (C=O) groups excluding carboxylic acids is 1. The maximum absolute atomic E-state index is 13.1. The Balaban J connectivity index is 1.52. The highest BCUT2D eigenvalue weighted by molar-refractivity contribution is 6.05. The zero-order valence-corrected chi connectivity index (χ0v) is 17.6. The van der Waals surface area contributed by atoms with E-state index in [0.29, 0.717) is 25.7 Å². The fraction of sp³-hybridized carbons (Fsp3) is 0.542. The first-order valence-electron chi connectivity index (χ1n) is 10.6. The molecule has 1 aliphatic carbocycles. The number of nitrogens with one attached hydrogen (secondary N) is 1. The van der Waals surface area contributed by atoms with Gasteiger partial charge in [0, 0.05) is 29.3 Å². The minimum atomic E-state index is -0.707. The lowest BCUT2D eigenvalue weighted by Gasteiger charge is -2.42. The molecule has 1 N–H and O–H groups in total. The molecule has 0 radical (unpaired) electrons. The third kappa shape index (κ3) is 4.12. The third-order valence-electron chi connectivity index (χ3n) is 5.93. The van der Waals surface area contributed by atoms with E-state index in [0.717, 1.165) is 47.9 Å². The average molecular weight is 398 g/mol. The molecule has 4 rings (SSSR count). The van der Waals surface area contributed by atoms with Crippen molar-refractivity contribution in [2.24, 2.45) is 11.3 Å². The second-order valence-corrected chi connectivity index (χ2v) is 9.07. The van der Waals surface area contributed by atoms with Crippen LogP contribution in [0.2, 0.25) is 0 Å². The number of hydrogen-bond donors (Lipinski definition) is 1. The molecule has 29 heavy (non-hydrogen) atoms. The Hall–Kier alpha value is -2.11. The van der Waals surface area contributed by atoms with Crippen molar-refractivity contribution in [2.75, 3.05) is 25.1 Å². The highest BCUT2D eigenvalue weighted by Crippen LogP contribution is 2.41. The Bertz CT molecular complexity index is 876. The quantitative estimate of drug-likeness (QED) is 0.759. The molecule has 2 fully saturated rings. The molecule has 156 valence electrons. The number of carbonyl (C=O) groups is 1. The Labute approximate surface area is 172 Å². The van der Waals surface area contributed by atoms with Crippen LogP contribution in [0.5, 0.6) is 5.75 Å². The van der Waals surface area contributed by atoms with Gasteiger partial charge in [0.05, 0.1) is 25.2 Å². The van der Waals surface area contributed by atoms with Gasteiger partial charge in [-0.1, -0.05) is 38.1 Å². The van der Waals surface area contributed by atoms with Gasteiger partial charge in [0.25, 0.3) is 0 Å². The molecule has 1 saturated heterocycles. The van der Waals surface area contributed by atoms with Gasteiger partial charge in [0.1, 0.15) is 5.75 Å². The van der Waals surface area contributed by atoms with Crippen molar-refractivity contribution < 1.29 is 19.0 Å². The maximum Gasteiger partial charge on any atom is 0.235 e. The van der Waals surface area contributed by atoms with Crippen molar-refractivity contribution in [2.45, 2.75) is 52.2 Å².